The molecule has 0 bridgehead atoms. The lowest BCUT2D eigenvalue weighted by atomic mass is 10.0. The van der Waals surface area contributed by atoms with Crippen LogP contribution in [0, 0.1) is 0 Å². The number of halogens is 3. The summed E-state index contributed by atoms with van der Waals surface area (Å²) in [5.74, 6) is 0. The molecule has 124 valence electrons. The molecule has 1 heterocycles. The number of amides is 1. The number of hydrazone groups is 2. The number of rotatable bonds is 1. The van der Waals surface area contributed by atoms with E-state index in [2.05, 4.69) is 14.9 Å². The van der Waals surface area contributed by atoms with E-state index < -0.39 is 23.7 Å². The van der Waals surface area contributed by atoms with Crippen molar-refractivity contribution in [1.29, 1.82) is 0 Å². The van der Waals surface area contributed by atoms with Crippen LogP contribution in [0.25, 0.3) is 10.8 Å². The van der Waals surface area contributed by atoms with E-state index >= 15 is 0 Å². The Morgan fingerprint density at radius 3 is 2.54 bits per heavy atom. The van der Waals surface area contributed by atoms with Crippen molar-refractivity contribution in [3.63, 3.8) is 0 Å². The number of carbonyl (C=O) groups is 1. The molecule has 2 aromatic carbocycles. The van der Waals surface area contributed by atoms with Crippen LogP contribution in [0.3, 0.4) is 0 Å². The van der Waals surface area contributed by atoms with Gasteiger partial charge in [-0.2, -0.15) is 23.8 Å². The minimum absolute atomic E-state index is 0.181. The highest BCUT2D eigenvalue weighted by atomic mass is 19.4. The van der Waals surface area contributed by atoms with E-state index in [1.54, 1.807) is 24.3 Å². The van der Waals surface area contributed by atoms with Crippen molar-refractivity contribution in [3.05, 3.63) is 48.0 Å². The Kier molecular flexibility index (Phi) is 3.84. The molecule has 0 spiro atoms. The molecule has 0 radical (unpaired) electrons. The standard InChI is InChI=1S/C15H11F3N4O2/c1-24-14(23)22-20-12(13(19-21-22)15(16,17)18)11-7-6-9-4-2-3-5-10(9)8-11/h2-8,21H,1H3. The Bertz CT molecular complexity index is 861. The number of hydrogen-bond acceptors (Lipinski definition) is 5. The maximum Gasteiger partial charge on any atom is 0.451 e. The highest BCUT2D eigenvalue weighted by molar-refractivity contribution is 6.50. The zero-order valence-corrected chi connectivity index (χ0v) is 12.3. The van der Waals surface area contributed by atoms with Crippen LogP contribution in [0.2, 0.25) is 0 Å². The first-order valence-corrected chi connectivity index (χ1v) is 6.77. The molecule has 0 saturated heterocycles. The molecular weight excluding hydrogens is 325 g/mol. The monoisotopic (exact) mass is 336 g/mol. The summed E-state index contributed by atoms with van der Waals surface area (Å²) in [6.45, 7) is 0. The van der Waals surface area contributed by atoms with E-state index in [4.69, 9.17) is 0 Å². The van der Waals surface area contributed by atoms with Crippen molar-refractivity contribution in [3.8, 4) is 0 Å². The number of hydrogen-bond donors (Lipinski definition) is 1. The Balaban J connectivity index is 2.11. The van der Waals surface area contributed by atoms with Gasteiger partial charge in [0.1, 0.15) is 5.71 Å². The fourth-order valence-corrected chi connectivity index (χ4v) is 2.22. The van der Waals surface area contributed by atoms with Gasteiger partial charge in [-0.3, -0.25) is 0 Å². The molecule has 0 saturated carbocycles. The summed E-state index contributed by atoms with van der Waals surface area (Å²) in [5, 5.41) is 9.02. The number of alkyl halides is 3. The third kappa shape index (κ3) is 2.87. The zero-order valence-electron chi connectivity index (χ0n) is 12.3. The van der Waals surface area contributed by atoms with Crippen molar-refractivity contribution >= 4 is 28.3 Å². The highest BCUT2D eigenvalue weighted by Crippen LogP contribution is 2.24. The second-order valence-corrected chi connectivity index (χ2v) is 4.85. The van der Waals surface area contributed by atoms with E-state index in [1.165, 1.54) is 6.07 Å². The van der Waals surface area contributed by atoms with E-state index in [0.29, 0.717) is 5.12 Å². The van der Waals surface area contributed by atoms with E-state index in [-0.39, 0.29) is 5.56 Å². The first kappa shape index (κ1) is 15.8. The molecule has 1 aliphatic rings. The third-order valence-corrected chi connectivity index (χ3v) is 3.32. The van der Waals surface area contributed by atoms with Gasteiger partial charge in [0.15, 0.2) is 5.71 Å². The fourth-order valence-electron chi connectivity index (χ4n) is 2.22. The van der Waals surface area contributed by atoms with Gasteiger partial charge in [-0.05, 0) is 16.8 Å². The van der Waals surface area contributed by atoms with Crippen LogP contribution >= 0.6 is 0 Å². The first-order chi connectivity index (χ1) is 11.4. The molecule has 6 nitrogen and oxygen atoms in total. The molecule has 24 heavy (non-hydrogen) atoms. The lowest BCUT2D eigenvalue weighted by Gasteiger charge is -2.23. The third-order valence-electron chi connectivity index (χ3n) is 3.32. The summed E-state index contributed by atoms with van der Waals surface area (Å²) >= 11 is 0. The fraction of sp³-hybridized carbons (Fsp3) is 0.133. The number of nitrogens with zero attached hydrogens (tertiary/aromatic N) is 3. The SMILES string of the molecule is COC(=O)N1N=C(c2ccc3ccccc3c2)C(C(F)(F)F)=NN1. The van der Waals surface area contributed by atoms with E-state index in [0.717, 1.165) is 17.9 Å². The minimum atomic E-state index is -4.74. The van der Waals surface area contributed by atoms with Gasteiger partial charge in [-0.25, -0.2) is 4.79 Å². The molecule has 0 aromatic heterocycles. The average molecular weight is 336 g/mol. The highest BCUT2D eigenvalue weighted by Gasteiger charge is 2.42. The van der Waals surface area contributed by atoms with Gasteiger partial charge >= 0.3 is 12.3 Å². The number of hydrazine groups is 1. The van der Waals surface area contributed by atoms with Gasteiger partial charge < -0.3 is 4.74 Å². The Hall–Kier alpha value is -3.10. The number of fused-ring (bicyclic) bond motifs is 1. The second-order valence-electron chi connectivity index (χ2n) is 4.85. The van der Waals surface area contributed by atoms with Crippen LogP contribution in [0.15, 0.2) is 52.7 Å². The molecule has 0 fully saturated rings. The van der Waals surface area contributed by atoms with Crippen molar-refractivity contribution in [2.24, 2.45) is 10.2 Å². The summed E-state index contributed by atoms with van der Waals surface area (Å²) in [6.07, 6.45) is -5.72. The summed E-state index contributed by atoms with van der Waals surface area (Å²) < 4.78 is 44.1. The van der Waals surface area contributed by atoms with E-state index in [9.17, 15) is 18.0 Å². The van der Waals surface area contributed by atoms with Crippen LogP contribution < -0.4 is 5.53 Å². The van der Waals surface area contributed by atoms with Gasteiger partial charge in [0.2, 0.25) is 0 Å². The number of carbonyl (C=O) groups excluding carboxylic acids is 1. The normalized spacial score (nSPS) is 14.8. The van der Waals surface area contributed by atoms with Crippen LogP contribution in [0.4, 0.5) is 18.0 Å². The molecule has 1 amide bonds. The molecule has 2 aromatic rings. The maximum atomic E-state index is 13.2. The van der Waals surface area contributed by atoms with E-state index in [1.807, 2.05) is 17.7 Å². The lowest BCUT2D eigenvalue weighted by Crippen LogP contribution is -2.46. The number of methoxy groups -OCH3 is 1. The quantitative estimate of drug-likeness (QED) is 0.870. The molecular formula is C15H11F3N4O2. The second kappa shape index (κ2) is 5.84. The largest absolute Gasteiger partial charge is 0.451 e. The molecule has 0 atom stereocenters. The molecule has 0 unspecified atom stereocenters. The van der Waals surface area contributed by atoms with Crippen molar-refractivity contribution < 1.29 is 22.7 Å². The minimum Gasteiger partial charge on any atom is -0.450 e. The predicted molar refractivity (Wildman–Crippen MR) is 81.4 cm³/mol. The Labute approximate surface area is 134 Å². The maximum absolute atomic E-state index is 13.2. The van der Waals surface area contributed by atoms with Crippen molar-refractivity contribution in [1.82, 2.24) is 10.7 Å². The first-order valence-electron chi connectivity index (χ1n) is 6.77. The van der Waals surface area contributed by atoms with Crippen LogP contribution in [-0.4, -0.2) is 35.9 Å². The van der Waals surface area contributed by atoms with Crippen LogP contribution in [0.5, 0.6) is 0 Å². The van der Waals surface area contributed by atoms with Crippen molar-refractivity contribution in [2.45, 2.75) is 6.18 Å². The topological polar surface area (TPSA) is 66.3 Å². The summed E-state index contributed by atoms with van der Waals surface area (Å²) in [5.41, 5.74) is 0.385. The van der Waals surface area contributed by atoms with Gasteiger partial charge in [0, 0.05) is 5.56 Å². The number of benzene rings is 2. The van der Waals surface area contributed by atoms with Crippen molar-refractivity contribution in [2.75, 3.05) is 7.11 Å². The molecule has 1 aliphatic heterocycles. The number of ether oxygens (including phenoxy) is 1. The van der Waals surface area contributed by atoms with Gasteiger partial charge in [-0.15, -0.1) is 5.10 Å². The van der Waals surface area contributed by atoms with Crippen LogP contribution in [-0.2, 0) is 4.74 Å². The predicted octanol–water partition coefficient (Wildman–Crippen LogP) is 3.05. The molecule has 9 heteroatoms. The summed E-state index contributed by atoms with van der Waals surface area (Å²) in [4.78, 5) is 11.5. The zero-order chi connectivity index (χ0) is 17.3. The Morgan fingerprint density at radius 1 is 1.17 bits per heavy atom. The molecule has 0 aliphatic carbocycles. The van der Waals surface area contributed by atoms with Gasteiger partial charge in [0.05, 0.1) is 7.11 Å². The summed E-state index contributed by atoms with van der Waals surface area (Å²) in [7, 11) is 1.08. The van der Waals surface area contributed by atoms with Crippen LogP contribution in [0.1, 0.15) is 5.56 Å². The average Bonchev–Trinajstić information content (AvgIpc) is 2.59. The van der Waals surface area contributed by atoms with Gasteiger partial charge in [0.25, 0.3) is 0 Å². The summed E-state index contributed by atoms with van der Waals surface area (Å²) in [6, 6.07) is 11.9. The van der Waals surface area contributed by atoms with Gasteiger partial charge in [-0.1, -0.05) is 41.5 Å². The Morgan fingerprint density at radius 2 is 1.88 bits per heavy atom. The molecule has 1 N–H and O–H groups in total. The number of nitrogens with one attached hydrogen (secondary N) is 1. The lowest BCUT2D eigenvalue weighted by molar-refractivity contribution is -0.0581. The molecule has 3 rings (SSSR count). The smallest absolute Gasteiger partial charge is 0.450 e.